The van der Waals surface area contributed by atoms with E-state index in [0.717, 1.165) is 17.0 Å². The number of furan rings is 1. The Hall–Kier alpha value is -3.41. The predicted octanol–water partition coefficient (Wildman–Crippen LogP) is 3.55. The third kappa shape index (κ3) is 2.65. The summed E-state index contributed by atoms with van der Waals surface area (Å²) >= 11 is 0. The molecule has 1 amide bonds. The topological polar surface area (TPSA) is 72.4 Å². The number of imidazole rings is 1. The zero-order chi connectivity index (χ0) is 16.5. The van der Waals surface area contributed by atoms with Crippen LogP contribution in [0.25, 0.3) is 17.0 Å². The highest BCUT2D eigenvalue weighted by Crippen LogP contribution is 2.21. The number of aryl methyl sites for hydroxylation is 1. The van der Waals surface area contributed by atoms with Crippen LogP contribution in [-0.2, 0) is 0 Å². The molecule has 0 bridgehead atoms. The molecule has 0 unspecified atom stereocenters. The van der Waals surface area contributed by atoms with Crippen LogP contribution in [0.2, 0.25) is 0 Å². The first kappa shape index (κ1) is 14.2. The quantitative estimate of drug-likeness (QED) is 0.627. The van der Waals surface area contributed by atoms with Crippen LogP contribution in [0.4, 0.5) is 5.69 Å². The molecule has 0 radical (unpaired) electrons. The molecule has 3 heterocycles. The fourth-order valence-electron chi connectivity index (χ4n) is 2.42. The van der Waals surface area contributed by atoms with Crippen molar-refractivity contribution in [1.29, 1.82) is 0 Å². The van der Waals surface area contributed by atoms with E-state index in [1.54, 1.807) is 12.1 Å². The highest BCUT2D eigenvalue weighted by molar-refractivity contribution is 6.02. The van der Waals surface area contributed by atoms with Crippen LogP contribution in [0.5, 0.6) is 0 Å². The summed E-state index contributed by atoms with van der Waals surface area (Å²) in [4.78, 5) is 20.9. The Morgan fingerprint density at radius 2 is 1.96 bits per heavy atom. The number of nitrogens with zero attached hydrogens (tertiary/aromatic N) is 3. The first-order valence-electron chi connectivity index (χ1n) is 7.47. The molecule has 3 aromatic heterocycles. The number of carbonyl (C=O) groups is 1. The third-order valence-electron chi connectivity index (χ3n) is 3.65. The van der Waals surface area contributed by atoms with Gasteiger partial charge in [0.05, 0.1) is 12.0 Å². The number of anilines is 1. The summed E-state index contributed by atoms with van der Waals surface area (Å²) in [6, 6.07) is 12.7. The summed E-state index contributed by atoms with van der Waals surface area (Å²) in [5, 5.41) is 2.79. The van der Waals surface area contributed by atoms with E-state index >= 15 is 0 Å². The first-order valence-corrected chi connectivity index (χ1v) is 7.47. The molecule has 0 fully saturated rings. The second-order valence-corrected chi connectivity index (χ2v) is 5.41. The molecule has 0 aliphatic heterocycles. The summed E-state index contributed by atoms with van der Waals surface area (Å²) in [5.41, 5.74) is 3.40. The summed E-state index contributed by atoms with van der Waals surface area (Å²) in [6.07, 6.45) is 5.33. The predicted molar refractivity (Wildman–Crippen MR) is 89.8 cm³/mol. The minimum absolute atomic E-state index is 0.278. The Labute approximate surface area is 137 Å². The van der Waals surface area contributed by atoms with Crippen LogP contribution < -0.4 is 5.32 Å². The van der Waals surface area contributed by atoms with Crippen molar-refractivity contribution in [2.24, 2.45) is 0 Å². The van der Waals surface area contributed by atoms with Gasteiger partial charge in [-0.2, -0.15) is 0 Å². The van der Waals surface area contributed by atoms with Crippen LogP contribution in [-0.4, -0.2) is 20.3 Å². The summed E-state index contributed by atoms with van der Waals surface area (Å²) in [5.74, 6) is 0.668. The molecule has 0 aliphatic rings. The first-order chi connectivity index (χ1) is 11.7. The van der Waals surface area contributed by atoms with Gasteiger partial charge in [-0.1, -0.05) is 12.1 Å². The highest BCUT2D eigenvalue weighted by atomic mass is 16.3. The number of amides is 1. The largest absolute Gasteiger partial charge is 0.459 e. The van der Waals surface area contributed by atoms with E-state index in [9.17, 15) is 4.79 Å². The van der Waals surface area contributed by atoms with Gasteiger partial charge in [-0.15, -0.1) is 0 Å². The number of aromatic nitrogens is 3. The van der Waals surface area contributed by atoms with Crippen LogP contribution in [0.15, 0.2) is 65.5 Å². The molecule has 24 heavy (non-hydrogen) atoms. The maximum absolute atomic E-state index is 12.0. The summed E-state index contributed by atoms with van der Waals surface area (Å²) in [6.45, 7) is 1.94. The van der Waals surface area contributed by atoms with Crippen molar-refractivity contribution in [2.75, 3.05) is 5.32 Å². The van der Waals surface area contributed by atoms with E-state index in [1.165, 1.54) is 6.26 Å². The standard InChI is InChI=1S/C18H14N4O2/c1-12-8-9-22-11-15(21-18(22)19-12)13-4-6-14(7-5-13)20-17(23)16-3-2-10-24-16/h2-11H,1H3,(H,20,23). The van der Waals surface area contributed by atoms with Gasteiger partial charge in [-0.3, -0.25) is 9.20 Å². The van der Waals surface area contributed by atoms with Crippen molar-refractivity contribution in [3.63, 3.8) is 0 Å². The molecule has 0 saturated carbocycles. The lowest BCUT2D eigenvalue weighted by atomic mass is 10.1. The maximum Gasteiger partial charge on any atom is 0.291 e. The average molecular weight is 318 g/mol. The number of hydrogen-bond acceptors (Lipinski definition) is 4. The molecule has 1 N–H and O–H groups in total. The van der Waals surface area contributed by atoms with Crippen LogP contribution in [0.3, 0.4) is 0 Å². The Balaban J connectivity index is 1.57. The summed E-state index contributed by atoms with van der Waals surface area (Å²) < 4.78 is 6.96. The van der Waals surface area contributed by atoms with Gasteiger partial charge in [-0.25, -0.2) is 9.97 Å². The molecule has 0 atom stereocenters. The van der Waals surface area contributed by atoms with Gasteiger partial charge >= 0.3 is 0 Å². The zero-order valence-corrected chi connectivity index (χ0v) is 12.9. The number of fused-ring (bicyclic) bond motifs is 1. The van der Waals surface area contributed by atoms with E-state index in [2.05, 4.69) is 15.3 Å². The summed E-state index contributed by atoms with van der Waals surface area (Å²) in [7, 11) is 0. The Bertz CT molecular complexity index is 1000. The molecule has 4 rings (SSSR count). The Kier molecular flexibility index (Phi) is 3.35. The second-order valence-electron chi connectivity index (χ2n) is 5.41. The number of nitrogens with one attached hydrogen (secondary N) is 1. The van der Waals surface area contributed by atoms with E-state index in [4.69, 9.17) is 4.42 Å². The van der Waals surface area contributed by atoms with Crippen molar-refractivity contribution < 1.29 is 9.21 Å². The van der Waals surface area contributed by atoms with Crippen molar-refractivity contribution in [3.8, 4) is 11.3 Å². The van der Waals surface area contributed by atoms with Crippen molar-refractivity contribution >= 4 is 17.4 Å². The van der Waals surface area contributed by atoms with Crippen LogP contribution >= 0.6 is 0 Å². The highest BCUT2D eigenvalue weighted by Gasteiger charge is 2.09. The Morgan fingerprint density at radius 1 is 1.12 bits per heavy atom. The zero-order valence-electron chi connectivity index (χ0n) is 12.9. The lowest BCUT2D eigenvalue weighted by molar-refractivity contribution is 0.0996. The van der Waals surface area contributed by atoms with Crippen molar-refractivity contribution in [3.05, 3.63) is 72.6 Å². The molecule has 4 aromatic rings. The fourth-order valence-corrected chi connectivity index (χ4v) is 2.42. The van der Waals surface area contributed by atoms with Gasteiger partial charge in [0.2, 0.25) is 5.78 Å². The molecule has 0 spiro atoms. The molecule has 6 heteroatoms. The fraction of sp³-hybridized carbons (Fsp3) is 0.0556. The molecule has 0 saturated heterocycles. The smallest absolute Gasteiger partial charge is 0.291 e. The van der Waals surface area contributed by atoms with E-state index in [-0.39, 0.29) is 11.7 Å². The molecular weight excluding hydrogens is 304 g/mol. The van der Waals surface area contributed by atoms with E-state index < -0.39 is 0 Å². The third-order valence-corrected chi connectivity index (χ3v) is 3.65. The monoisotopic (exact) mass is 318 g/mol. The molecule has 118 valence electrons. The average Bonchev–Trinajstić information content (AvgIpc) is 3.24. The maximum atomic E-state index is 12.0. The molecule has 1 aromatic carbocycles. The van der Waals surface area contributed by atoms with Gasteiger partial charge in [0.25, 0.3) is 5.91 Å². The molecule has 0 aliphatic carbocycles. The lowest BCUT2D eigenvalue weighted by Crippen LogP contribution is -2.10. The van der Waals surface area contributed by atoms with Gasteiger partial charge in [0.15, 0.2) is 5.76 Å². The lowest BCUT2D eigenvalue weighted by Gasteiger charge is -2.04. The minimum atomic E-state index is -0.278. The number of rotatable bonds is 3. The van der Waals surface area contributed by atoms with Crippen LogP contribution in [0.1, 0.15) is 16.2 Å². The van der Waals surface area contributed by atoms with E-state index in [1.807, 2.05) is 54.0 Å². The van der Waals surface area contributed by atoms with Crippen molar-refractivity contribution in [1.82, 2.24) is 14.4 Å². The molecular formula is C18H14N4O2. The molecule has 6 nitrogen and oxygen atoms in total. The van der Waals surface area contributed by atoms with Gasteiger partial charge in [-0.05, 0) is 37.3 Å². The number of benzene rings is 1. The van der Waals surface area contributed by atoms with Gasteiger partial charge < -0.3 is 9.73 Å². The Morgan fingerprint density at radius 3 is 2.71 bits per heavy atom. The van der Waals surface area contributed by atoms with E-state index in [0.29, 0.717) is 11.5 Å². The normalized spacial score (nSPS) is 10.9. The van der Waals surface area contributed by atoms with Gasteiger partial charge in [0.1, 0.15) is 0 Å². The van der Waals surface area contributed by atoms with Gasteiger partial charge in [0, 0.05) is 29.3 Å². The van der Waals surface area contributed by atoms with Crippen LogP contribution in [0, 0.1) is 6.92 Å². The number of carbonyl (C=O) groups excluding carboxylic acids is 1. The van der Waals surface area contributed by atoms with Crippen molar-refractivity contribution in [2.45, 2.75) is 6.92 Å². The number of hydrogen-bond donors (Lipinski definition) is 1. The minimum Gasteiger partial charge on any atom is -0.459 e. The second kappa shape index (κ2) is 5.66. The SMILES string of the molecule is Cc1ccn2cc(-c3ccc(NC(=O)c4ccco4)cc3)nc2n1.